The predicted octanol–water partition coefficient (Wildman–Crippen LogP) is 1.13. The number of nitrogens with zero attached hydrogens (tertiary/aromatic N) is 2. The number of carbonyl (C=O) groups is 1. The monoisotopic (exact) mass is 314 g/mol. The minimum atomic E-state index is -0.408. The van der Waals surface area contributed by atoms with Crippen LogP contribution in [0.15, 0.2) is 24.5 Å². The van der Waals surface area contributed by atoms with Gasteiger partial charge in [-0.15, -0.1) is 0 Å². The molecule has 1 amide bonds. The Kier molecular flexibility index (Phi) is 3.58. The van der Waals surface area contributed by atoms with Crippen molar-refractivity contribution in [2.75, 3.05) is 19.7 Å². The Morgan fingerprint density at radius 1 is 1.52 bits per heavy atom. The standard InChI is InChI=1S/C17H22N4O2/c1-12-4-2-8-21-13(12)10-19-16(21)17(5-3-6-17)20-15(22)14-11-18-7-9-23-14/h2,4,8,10,14,18H,3,5-7,9,11H2,1H3,(H,20,22)/t14-/m0/s1. The van der Waals surface area contributed by atoms with Crippen LogP contribution in [0.3, 0.4) is 0 Å². The third-order valence-corrected chi connectivity index (χ3v) is 5.00. The molecular weight excluding hydrogens is 292 g/mol. The van der Waals surface area contributed by atoms with E-state index >= 15 is 0 Å². The number of ether oxygens (including phenoxy) is 1. The molecule has 2 aromatic rings. The summed E-state index contributed by atoms with van der Waals surface area (Å²) in [6.45, 7) is 4.04. The number of amides is 1. The van der Waals surface area contributed by atoms with E-state index < -0.39 is 6.10 Å². The maximum atomic E-state index is 12.6. The van der Waals surface area contributed by atoms with Crippen LogP contribution >= 0.6 is 0 Å². The van der Waals surface area contributed by atoms with Gasteiger partial charge in [0.15, 0.2) is 0 Å². The molecule has 1 atom stereocenters. The molecule has 0 radical (unpaired) electrons. The molecule has 2 aliphatic rings. The zero-order valence-corrected chi connectivity index (χ0v) is 13.3. The van der Waals surface area contributed by atoms with Crippen LogP contribution in [-0.4, -0.2) is 41.1 Å². The van der Waals surface area contributed by atoms with Crippen LogP contribution in [0.5, 0.6) is 0 Å². The van der Waals surface area contributed by atoms with Gasteiger partial charge < -0.3 is 19.8 Å². The summed E-state index contributed by atoms with van der Waals surface area (Å²) in [6.07, 6.45) is 6.46. The number of aryl methyl sites for hydroxylation is 1. The van der Waals surface area contributed by atoms with Gasteiger partial charge in [0.2, 0.25) is 0 Å². The number of pyridine rings is 1. The summed E-state index contributed by atoms with van der Waals surface area (Å²) in [7, 11) is 0. The molecule has 0 unspecified atom stereocenters. The molecule has 4 rings (SSSR count). The Labute approximate surface area is 135 Å². The second-order valence-electron chi connectivity index (χ2n) is 6.52. The highest BCUT2D eigenvalue weighted by molar-refractivity contribution is 5.82. The fraction of sp³-hybridized carbons (Fsp3) is 0.529. The minimum absolute atomic E-state index is 0.0405. The summed E-state index contributed by atoms with van der Waals surface area (Å²) in [5.41, 5.74) is 1.92. The molecule has 1 aliphatic carbocycles. The van der Waals surface area contributed by atoms with E-state index in [2.05, 4.69) is 33.0 Å². The molecule has 0 spiro atoms. The third kappa shape index (κ3) is 2.42. The van der Waals surface area contributed by atoms with E-state index in [4.69, 9.17) is 4.74 Å². The van der Waals surface area contributed by atoms with Gasteiger partial charge in [0.25, 0.3) is 5.91 Å². The quantitative estimate of drug-likeness (QED) is 0.891. The number of carbonyl (C=O) groups excluding carboxylic acids is 1. The van der Waals surface area contributed by atoms with Crippen LogP contribution in [0.4, 0.5) is 0 Å². The lowest BCUT2D eigenvalue weighted by Gasteiger charge is -2.42. The highest BCUT2D eigenvalue weighted by Gasteiger charge is 2.44. The average Bonchev–Trinajstić information content (AvgIpc) is 2.97. The smallest absolute Gasteiger partial charge is 0.251 e. The van der Waals surface area contributed by atoms with E-state index in [1.807, 2.05) is 18.5 Å². The van der Waals surface area contributed by atoms with Gasteiger partial charge in [0.1, 0.15) is 11.9 Å². The number of fused-ring (bicyclic) bond motifs is 1. The minimum Gasteiger partial charge on any atom is -0.366 e. The average molecular weight is 314 g/mol. The topological polar surface area (TPSA) is 67.7 Å². The fourth-order valence-corrected chi connectivity index (χ4v) is 3.50. The molecule has 6 nitrogen and oxygen atoms in total. The van der Waals surface area contributed by atoms with E-state index in [0.29, 0.717) is 13.2 Å². The van der Waals surface area contributed by atoms with Crippen LogP contribution in [0.2, 0.25) is 0 Å². The van der Waals surface area contributed by atoms with Crippen molar-refractivity contribution in [3.8, 4) is 0 Å². The number of aromatic nitrogens is 2. The normalized spacial score (nSPS) is 23.4. The number of imidazole rings is 1. The van der Waals surface area contributed by atoms with Gasteiger partial charge in [-0.3, -0.25) is 4.79 Å². The van der Waals surface area contributed by atoms with E-state index in [1.165, 1.54) is 5.56 Å². The first-order valence-electron chi connectivity index (χ1n) is 8.27. The van der Waals surface area contributed by atoms with E-state index in [-0.39, 0.29) is 11.4 Å². The van der Waals surface area contributed by atoms with Gasteiger partial charge in [-0.05, 0) is 37.8 Å². The van der Waals surface area contributed by atoms with Crippen molar-refractivity contribution in [3.05, 3.63) is 35.9 Å². The molecular formula is C17H22N4O2. The second kappa shape index (κ2) is 5.62. The number of rotatable bonds is 3. The number of nitrogens with one attached hydrogen (secondary N) is 2. The van der Waals surface area contributed by atoms with E-state index in [9.17, 15) is 4.79 Å². The molecule has 3 heterocycles. The number of hydrogen-bond acceptors (Lipinski definition) is 4. The van der Waals surface area contributed by atoms with E-state index in [0.717, 1.165) is 37.1 Å². The first-order chi connectivity index (χ1) is 11.2. The lowest BCUT2D eigenvalue weighted by atomic mass is 9.75. The van der Waals surface area contributed by atoms with Crippen molar-refractivity contribution in [2.45, 2.75) is 37.8 Å². The molecule has 1 aliphatic heterocycles. The van der Waals surface area contributed by atoms with Crippen LogP contribution < -0.4 is 10.6 Å². The molecule has 122 valence electrons. The highest BCUT2D eigenvalue weighted by Crippen LogP contribution is 2.41. The van der Waals surface area contributed by atoms with Gasteiger partial charge in [-0.25, -0.2) is 4.98 Å². The maximum absolute atomic E-state index is 12.6. The number of morpholine rings is 1. The Bertz CT molecular complexity index is 729. The van der Waals surface area contributed by atoms with Crippen molar-refractivity contribution in [1.29, 1.82) is 0 Å². The molecule has 0 aromatic carbocycles. The van der Waals surface area contributed by atoms with Gasteiger partial charge in [0, 0.05) is 19.3 Å². The van der Waals surface area contributed by atoms with Gasteiger partial charge in [-0.2, -0.15) is 0 Å². The summed E-state index contributed by atoms with van der Waals surface area (Å²) in [5.74, 6) is 0.890. The summed E-state index contributed by atoms with van der Waals surface area (Å²) in [6, 6.07) is 4.10. The third-order valence-electron chi connectivity index (χ3n) is 5.00. The van der Waals surface area contributed by atoms with Crippen LogP contribution in [0, 0.1) is 6.92 Å². The summed E-state index contributed by atoms with van der Waals surface area (Å²) in [4.78, 5) is 17.2. The fourth-order valence-electron chi connectivity index (χ4n) is 3.50. The Hall–Kier alpha value is -1.92. The number of hydrogen-bond donors (Lipinski definition) is 2. The predicted molar refractivity (Wildman–Crippen MR) is 86.2 cm³/mol. The van der Waals surface area contributed by atoms with Gasteiger partial charge in [-0.1, -0.05) is 6.07 Å². The van der Waals surface area contributed by atoms with Crippen molar-refractivity contribution in [2.24, 2.45) is 0 Å². The first-order valence-corrected chi connectivity index (χ1v) is 8.27. The molecule has 1 saturated heterocycles. The molecule has 2 N–H and O–H groups in total. The van der Waals surface area contributed by atoms with Crippen molar-refractivity contribution in [1.82, 2.24) is 20.0 Å². The zero-order chi connectivity index (χ0) is 15.9. The maximum Gasteiger partial charge on any atom is 0.251 e. The second-order valence-corrected chi connectivity index (χ2v) is 6.52. The summed E-state index contributed by atoms with van der Waals surface area (Å²) >= 11 is 0. The molecule has 23 heavy (non-hydrogen) atoms. The van der Waals surface area contributed by atoms with E-state index in [1.54, 1.807) is 0 Å². The van der Waals surface area contributed by atoms with Crippen molar-refractivity contribution < 1.29 is 9.53 Å². The zero-order valence-electron chi connectivity index (χ0n) is 13.3. The molecule has 2 fully saturated rings. The highest BCUT2D eigenvalue weighted by atomic mass is 16.5. The van der Waals surface area contributed by atoms with Gasteiger partial charge >= 0.3 is 0 Å². The molecule has 6 heteroatoms. The Morgan fingerprint density at radius 3 is 3.09 bits per heavy atom. The van der Waals surface area contributed by atoms with Crippen LogP contribution in [0.1, 0.15) is 30.7 Å². The molecule has 1 saturated carbocycles. The molecule has 2 aromatic heterocycles. The van der Waals surface area contributed by atoms with Gasteiger partial charge in [0.05, 0.1) is 23.9 Å². The van der Waals surface area contributed by atoms with Crippen LogP contribution in [0.25, 0.3) is 5.52 Å². The summed E-state index contributed by atoms with van der Waals surface area (Å²) in [5, 5.41) is 6.43. The van der Waals surface area contributed by atoms with Crippen molar-refractivity contribution >= 4 is 11.4 Å². The first kappa shape index (κ1) is 14.7. The largest absolute Gasteiger partial charge is 0.366 e. The molecule has 0 bridgehead atoms. The summed E-state index contributed by atoms with van der Waals surface area (Å²) < 4.78 is 7.68. The Morgan fingerprint density at radius 2 is 2.39 bits per heavy atom. The lowest BCUT2D eigenvalue weighted by Crippen LogP contribution is -2.57. The lowest BCUT2D eigenvalue weighted by molar-refractivity contribution is -0.137. The SMILES string of the molecule is Cc1cccn2c(C3(NC(=O)[C@@H]4CNCCO4)CCC3)ncc12. The van der Waals surface area contributed by atoms with Crippen molar-refractivity contribution in [3.63, 3.8) is 0 Å². The Balaban J connectivity index is 1.63. The van der Waals surface area contributed by atoms with Crippen LogP contribution in [-0.2, 0) is 15.1 Å².